The minimum atomic E-state index is -3.74. The number of hydrogen-bond donors (Lipinski definition) is 4. The molecule has 0 bridgehead atoms. The number of carbonyl (C=O) groups excluding carboxylic acids is 5. The van der Waals surface area contributed by atoms with Crippen molar-refractivity contribution in [2.75, 3.05) is 0 Å². The van der Waals surface area contributed by atoms with E-state index < -0.39 is 35.2 Å². The smallest absolute Gasteiger partial charge is 0.346 e. The second kappa shape index (κ2) is 13.6. The highest BCUT2D eigenvalue weighted by Gasteiger charge is 2.41. The molecule has 0 aromatic heterocycles. The molecule has 2 aromatic carbocycles. The highest BCUT2D eigenvalue weighted by molar-refractivity contribution is 6.05. The molecule has 0 spiro atoms. The second-order valence-corrected chi connectivity index (χ2v) is 10.6. The van der Waals surface area contributed by atoms with Crippen LogP contribution in [0, 0.1) is 0 Å². The molecule has 2 aliphatic heterocycles. The molecule has 1 fully saturated rings. The van der Waals surface area contributed by atoms with E-state index in [2.05, 4.69) is 10.6 Å². The average molecular weight is 585 g/mol. The lowest BCUT2D eigenvalue weighted by atomic mass is 10.0. The van der Waals surface area contributed by atoms with E-state index in [0.717, 1.165) is 31.2 Å². The van der Waals surface area contributed by atoms with E-state index >= 15 is 0 Å². The van der Waals surface area contributed by atoms with Crippen LogP contribution in [0.2, 0.25) is 0 Å². The summed E-state index contributed by atoms with van der Waals surface area (Å²) in [7, 11) is 0. The summed E-state index contributed by atoms with van der Waals surface area (Å²) in [5, 5.41) is 13.0. The summed E-state index contributed by atoms with van der Waals surface area (Å²) >= 11 is 0. The average Bonchev–Trinajstić information content (AvgIpc) is 3.30. The second-order valence-electron chi connectivity index (χ2n) is 10.6. The molecule has 224 valence electrons. The number of aryl methyl sites for hydroxylation is 1. The number of benzene rings is 2. The number of fused-ring (bicyclic) bond motifs is 1. The fourth-order valence-corrected chi connectivity index (χ4v) is 5.24. The first kappa shape index (κ1) is 30.8. The maximum Gasteiger partial charge on any atom is 0.349 e. The molecule has 4 N–H and O–H groups in total. The first-order valence-electron chi connectivity index (χ1n) is 14.0. The quantitative estimate of drug-likeness (QED) is 0.123. The number of piperidine rings is 1. The Kier molecular flexibility index (Phi) is 10.00. The molecular weight excluding hydrogens is 550 g/mol. The summed E-state index contributed by atoms with van der Waals surface area (Å²) in [4.78, 5) is 61.3. The summed E-state index contributed by atoms with van der Waals surface area (Å²) in [5.41, 5.74) is 3.62. The van der Waals surface area contributed by atoms with Crippen LogP contribution in [0.4, 0.5) is 8.78 Å². The molecule has 2 aliphatic rings. The Labute approximate surface area is 241 Å². The number of unbranched alkanes of at least 4 members (excludes halogenated alkanes) is 4. The van der Waals surface area contributed by atoms with Crippen LogP contribution in [0.1, 0.15) is 84.0 Å². The van der Waals surface area contributed by atoms with Gasteiger partial charge in [-0.2, -0.15) is 8.78 Å². The maximum absolute atomic E-state index is 14.9. The Hall–Kier alpha value is -4.19. The number of alkyl halides is 2. The van der Waals surface area contributed by atoms with Crippen LogP contribution in [0.15, 0.2) is 42.5 Å². The highest BCUT2D eigenvalue weighted by Crippen LogP contribution is 2.30. The standard InChI is InChI=1S/C30H34F2N4O6/c31-30(32,22-11-8-19(9-12-22)6-4-2-1-3-5-7-26(38)35-42)29(41)33-17-20-10-13-23-21(16-20)18-36(28(23)40)24-14-15-25(37)34-27(24)39/h8-13,16,24,42H,1-7,14-15,17-18H2,(H,33,41)(H,35,38)(H,34,37,39). The van der Waals surface area contributed by atoms with E-state index in [-0.39, 0.29) is 44.2 Å². The molecule has 10 nitrogen and oxygen atoms in total. The van der Waals surface area contributed by atoms with Crippen molar-refractivity contribution in [2.24, 2.45) is 0 Å². The molecule has 2 heterocycles. The monoisotopic (exact) mass is 584 g/mol. The molecule has 5 amide bonds. The molecule has 0 saturated carbocycles. The largest absolute Gasteiger partial charge is 0.349 e. The Morgan fingerprint density at radius 3 is 2.38 bits per heavy atom. The number of imide groups is 1. The molecule has 0 aliphatic carbocycles. The molecule has 42 heavy (non-hydrogen) atoms. The molecule has 12 heteroatoms. The van der Waals surface area contributed by atoms with Crippen molar-refractivity contribution in [1.29, 1.82) is 0 Å². The fourth-order valence-electron chi connectivity index (χ4n) is 5.24. The summed E-state index contributed by atoms with van der Waals surface area (Å²) in [6.07, 6.45) is 5.61. The highest BCUT2D eigenvalue weighted by atomic mass is 19.3. The normalized spacial score (nSPS) is 16.7. The third-order valence-corrected chi connectivity index (χ3v) is 7.64. The van der Waals surface area contributed by atoms with Crippen LogP contribution < -0.4 is 16.1 Å². The summed E-state index contributed by atoms with van der Waals surface area (Å²) < 4.78 is 29.8. The Morgan fingerprint density at radius 1 is 0.976 bits per heavy atom. The Balaban J connectivity index is 1.25. The number of amides is 5. The predicted molar refractivity (Wildman–Crippen MR) is 146 cm³/mol. The third kappa shape index (κ3) is 7.35. The fraction of sp³-hybridized carbons (Fsp3) is 0.433. The van der Waals surface area contributed by atoms with Crippen molar-refractivity contribution in [3.63, 3.8) is 0 Å². The number of nitrogens with one attached hydrogen (secondary N) is 3. The topological polar surface area (TPSA) is 145 Å². The molecular formula is C30H34F2N4O6. The van der Waals surface area contributed by atoms with Gasteiger partial charge in [-0.1, -0.05) is 55.7 Å². The van der Waals surface area contributed by atoms with Gasteiger partial charge in [-0.05, 0) is 48.4 Å². The van der Waals surface area contributed by atoms with Gasteiger partial charge in [-0.15, -0.1) is 0 Å². The zero-order chi connectivity index (χ0) is 30.3. The van der Waals surface area contributed by atoms with Gasteiger partial charge >= 0.3 is 5.92 Å². The van der Waals surface area contributed by atoms with E-state index in [1.807, 2.05) is 0 Å². The van der Waals surface area contributed by atoms with Crippen molar-refractivity contribution in [3.05, 3.63) is 70.3 Å². The van der Waals surface area contributed by atoms with Crippen molar-refractivity contribution < 1.29 is 38.0 Å². The summed E-state index contributed by atoms with van der Waals surface area (Å²) in [6.45, 7) is -0.0227. The lowest BCUT2D eigenvalue weighted by Crippen LogP contribution is -2.52. The number of halogens is 2. The van der Waals surface area contributed by atoms with Crippen molar-refractivity contribution in [3.8, 4) is 0 Å². The Bertz CT molecular complexity index is 1350. The number of carbonyl (C=O) groups is 5. The van der Waals surface area contributed by atoms with Crippen LogP contribution >= 0.6 is 0 Å². The van der Waals surface area contributed by atoms with Gasteiger partial charge in [-0.25, -0.2) is 5.48 Å². The maximum atomic E-state index is 14.9. The zero-order valence-corrected chi connectivity index (χ0v) is 23.1. The van der Waals surface area contributed by atoms with Crippen molar-refractivity contribution >= 4 is 29.5 Å². The van der Waals surface area contributed by atoms with Gasteiger partial charge in [0.05, 0.1) is 0 Å². The van der Waals surface area contributed by atoms with Gasteiger partial charge in [0, 0.05) is 37.1 Å². The summed E-state index contributed by atoms with van der Waals surface area (Å²) in [5.74, 6) is -6.81. The minimum absolute atomic E-state index is 0.140. The van der Waals surface area contributed by atoms with Gasteiger partial charge in [0.15, 0.2) is 0 Å². The molecule has 4 rings (SSSR count). The molecule has 0 radical (unpaired) electrons. The number of nitrogens with zero attached hydrogens (tertiary/aromatic N) is 1. The molecule has 1 unspecified atom stereocenters. The van der Waals surface area contributed by atoms with Gasteiger partial charge in [-0.3, -0.25) is 34.5 Å². The third-order valence-electron chi connectivity index (χ3n) is 7.64. The van der Waals surface area contributed by atoms with Crippen LogP contribution in [0.3, 0.4) is 0 Å². The van der Waals surface area contributed by atoms with Crippen LogP contribution in [-0.2, 0) is 44.6 Å². The first-order chi connectivity index (χ1) is 20.1. The van der Waals surface area contributed by atoms with Crippen LogP contribution in [0.5, 0.6) is 0 Å². The molecule has 1 saturated heterocycles. The van der Waals surface area contributed by atoms with Crippen LogP contribution in [0.25, 0.3) is 0 Å². The van der Waals surface area contributed by atoms with E-state index in [0.29, 0.717) is 29.5 Å². The van der Waals surface area contributed by atoms with E-state index in [4.69, 9.17) is 5.21 Å². The number of hydroxylamine groups is 1. The Morgan fingerprint density at radius 2 is 1.67 bits per heavy atom. The van der Waals surface area contributed by atoms with Gasteiger partial charge in [0.1, 0.15) is 6.04 Å². The zero-order valence-electron chi connectivity index (χ0n) is 23.1. The number of hydrogen-bond acceptors (Lipinski definition) is 6. The molecule has 1 atom stereocenters. The number of rotatable bonds is 13. The first-order valence-corrected chi connectivity index (χ1v) is 14.0. The van der Waals surface area contributed by atoms with Gasteiger partial charge < -0.3 is 10.2 Å². The lowest BCUT2D eigenvalue weighted by molar-refractivity contribution is -0.147. The molecule has 2 aromatic rings. The van der Waals surface area contributed by atoms with Crippen molar-refractivity contribution in [1.82, 2.24) is 21.0 Å². The van der Waals surface area contributed by atoms with Gasteiger partial charge in [0.25, 0.3) is 11.8 Å². The van der Waals surface area contributed by atoms with Crippen LogP contribution in [-0.4, -0.2) is 45.7 Å². The van der Waals surface area contributed by atoms with Gasteiger partial charge in [0.2, 0.25) is 17.7 Å². The van der Waals surface area contributed by atoms with E-state index in [9.17, 15) is 32.8 Å². The SMILES string of the molecule is O=C(CCCCCCCc1ccc(C(F)(F)C(=O)NCc2ccc3c(c2)CN(C2CCC(=O)NC2=O)C3=O)cc1)NO. The lowest BCUT2D eigenvalue weighted by Gasteiger charge is -2.29. The van der Waals surface area contributed by atoms with Crippen molar-refractivity contribution in [2.45, 2.75) is 82.8 Å². The predicted octanol–water partition coefficient (Wildman–Crippen LogP) is 3.24. The van der Waals surface area contributed by atoms with E-state index in [1.165, 1.54) is 17.0 Å². The summed E-state index contributed by atoms with van der Waals surface area (Å²) in [6, 6.07) is 9.72. The minimum Gasteiger partial charge on any atom is -0.346 e. The van der Waals surface area contributed by atoms with E-state index in [1.54, 1.807) is 35.8 Å².